The molecule has 0 N–H and O–H groups in total. The van der Waals surface area contributed by atoms with E-state index in [1.807, 2.05) is 17.7 Å². The molecule has 1 heteroatoms. The second-order valence-corrected chi connectivity index (χ2v) is 26.5. The lowest BCUT2D eigenvalue weighted by atomic mass is 9.46. The van der Waals surface area contributed by atoms with Crippen LogP contribution in [0.2, 0.25) is 0 Å². The molecule has 0 aromatic carbocycles. The molecule has 9 unspecified atom stereocenters. The van der Waals surface area contributed by atoms with Gasteiger partial charge in [-0.3, -0.25) is 0 Å². The molecule has 72 heavy (non-hydrogen) atoms. The summed E-state index contributed by atoms with van der Waals surface area (Å²) in [4.78, 5) is 2.81. The van der Waals surface area contributed by atoms with Crippen LogP contribution in [-0.4, -0.2) is 24.5 Å². The van der Waals surface area contributed by atoms with E-state index in [2.05, 4.69) is 79.5 Å². The summed E-state index contributed by atoms with van der Waals surface area (Å²) >= 11 is 0. The average molecular weight is 1000 g/mol. The van der Waals surface area contributed by atoms with E-state index < -0.39 is 0 Å². The number of likely N-dealkylation sites (tertiary alicyclic amines) is 1. The normalized spacial score (nSPS) is 26.6. The van der Waals surface area contributed by atoms with E-state index in [0.717, 1.165) is 60.2 Å². The van der Waals surface area contributed by atoms with Crippen molar-refractivity contribution >= 4 is 0 Å². The van der Waals surface area contributed by atoms with Crippen molar-refractivity contribution in [3.05, 3.63) is 37.0 Å². The molecule has 1 heterocycles. The maximum absolute atomic E-state index is 3.55. The van der Waals surface area contributed by atoms with Crippen LogP contribution in [0.15, 0.2) is 37.0 Å². The van der Waals surface area contributed by atoms with Crippen LogP contribution >= 0.6 is 0 Å². The predicted octanol–water partition coefficient (Wildman–Crippen LogP) is 24.1. The van der Waals surface area contributed by atoms with Crippen molar-refractivity contribution in [2.24, 2.45) is 58.2 Å². The molecule has 1 saturated heterocycles. The number of rotatable bonds is 37. The van der Waals surface area contributed by atoms with Gasteiger partial charge in [0.25, 0.3) is 0 Å². The van der Waals surface area contributed by atoms with Crippen molar-refractivity contribution in [3.63, 3.8) is 0 Å². The summed E-state index contributed by atoms with van der Waals surface area (Å²) in [7, 11) is 0. The minimum absolute atomic E-state index is 0. The van der Waals surface area contributed by atoms with Gasteiger partial charge in [0.1, 0.15) is 0 Å². The molecule has 0 amide bonds. The first-order valence-electron chi connectivity index (χ1n) is 33.2. The Kier molecular flexibility index (Phi) is 38.6. The first-order chi connectivity index (χ1) is 34.6. The first kappa shape index (κ1) is 67.3. The van der Waals surface area contributed by atoms with E-state index in [1.165, 1.54) is 283 Å². The maximum atomic E-state index is 3.55. The van der Waals surface area contributed by atoms with Crippen molar-refractivity contribution in [3.8, 4) is 0 Å². The Balaban J connectivity index is 0.000000443. The fraction of sp³-hybridized carbons (Fsp3) is 0.915. The van der Waals surface area contributed by atoms with Crippen molar-refractivity contribution in [2.75, 3.05) is 19.6 Å². The molecule has 0 aromatic heterocycles. The second-order valence-electron chi connectivity index (χ2n) is 26.5. The van der Waals surface area contributed by atoms with Crippen molar-refractivity contribution < 1.29 is 0 Å². The van der Waals surface area contributed by atoms with Gasteiger partial charge >= 0.3 is 0 Å². The highest BCUT2D eigenvalue weighted by molar-refractivity contribution is 5.25. The molecule has 1 nitrogen and oxygen atoms in total. The lowest BCUT2D eigenvalue weighted by Gasteiger charge is -2.58. The number of hydrogen-bond donors (Lipinski definition) is 0. The summed E-state index contributed by atoms with van der Waals surface area (Å²) in [6.07, 6.45) is 69.1. The average Bonchev–Trinajstić information content (AvgIpc) is 3.74. The van der Waals surface area contributed by atoms with Gasteiger partial charge in [0.05, 0.1) is 0 Å². The number of unbranched alkanes of at least 4 members (excludes halogenated alkanes) is 23. The third-order valence-corrected chi connectivity index (χ3v) is 20.5. The van der Waals surface area contributed by atoms with Gasteiger partial charge in [-0.15, -0.1) is 13.2 Å². The fourth-order valence-corrected chi connectivity index (χ4v) is 15.7. The number of hydrogen-bond acceptors (Lipinski definition) is 1. The molecule has 0 aromatic rings. The molecule has 9 atom stereocenters. The molecular formula is C71H135N. The summed E-state index contributed by atoms with van der Waals surface area (Å²) in [5, 5.41) is 0. The van der Waals surface area contributed by atoms with E-state index in [1.54, 1.807) is 0 Å². The van der Waals surface area contributed by atoms with Gasteiger partial charge < -0.3 is 4.90 Å². The fourth-order valence-electron chi connectivity index (χ4n) is 15.7. The highest BCUT2D eigenvalue weighted by Gasteiger charge is 2.59. The zero-order chi connectivity index (χ0) is 51.4. The van der Waals surface area contributed by atoms with Crippen molar-refractivity contribution in [2.45, 2.75) is 339 Å². The Morgan fingerprint density at radius 3 is 1.54 bits per heavy atom. The predicted molar refractivity (Wildman–Crippen MR) is 328 cm³/mol. The highest BCUT2D eigenvalue weighted by atomic mass is 15.1. The molecule has 5 aliphatic rings. The molecule has 0 bridgehead atoms. The van der Waals surface area contributed by atoms with Crippen LogP contribution in [0.5, 0.6) is 0 Å². The van der Waals surface area contributed by atoms with Gasteiger partial charge in [-0.25, -0.2) is 0 Å². The van der Waals surface area contributed by atoms with Crippen LogP contribution < -0.4 is 0 Å². The Labute approximate surface area is 456 Å². The molecule has 0 radical (unpaired) electrons. The van der Waals surface area contributed by atoms with E-state index in [9.17, 15) is 0 Å². The van der Waals surface area contributed by atoms with E-state index in [4.69, 9.17) is 0 Å². The maximum Gasteiger partial charge on any atom is 0.000965 e. The Morgan fingerprint density at radius 2 is 1.07 bits per heavy atom. The van der Waals surface area contributed by atoms with Gasteiger partial charge in [0.15, 0.2) is 0 Å². The van der Waals surface area contributed by atoms with Crippen LogP contribution in [0.4, 0.5) is 0 Å². The third-order valence-electron chi connectivity index (χ3n) is 20.5. The lowest BCUT2D eigenvalue weighted by molar-refractivity contribution is -0.0528. The zero-order valence-corrected chi connectivity index (χ0v) is 50.2. The van der Waals surface area contributed by atoms with Crippen LogP contribution in [0.25, 0.3) is 0 Å². The third kappa shape index (κ3) is 25.6. The standard InChI is InChI=1S/C35H71N.C29H50.C6H10.CH4/c1-3-5-7-9-11-12-13-14-15-16-17-18-19-20-21-22-24-27-31-35(30-26-23-10-8-6-4-2)34-36-32-28-25-29-33-36;1-7-22-15-17-28(5)23(19-22)11-12-24-26-14-13-25(21(4)10-8-9-20(2)3)29(26,6)18-16-27(24)28;1-3-5-6-4-2;/h35H,3-34H2,1-2H3;11,20-22,24-27H,7-10,12-19H2,1-6H3;3-4H,1-2,5-6H2;1H4. The number of nitrogens with zero attached hydrogens (tertiary/aromatic N) is 1. The zero-order valence-electron chi connectivity index (χ0n) is 50.2. The van der Waals surface area contributed by atoms with Gasteiger partial charge in [0.2, 0.25) is 0 Å². The van der Waals surface area contributed by atoms with Crippen LogP contribution in [-0.2, 0) is 0 Å². The van der Waals surface area contributed by atoms with E-state index in [0.29, 0.717) is 10.8 Å². The monoisotopic (exact) mass is 1000 g/mol. The summed E-state index contributed by atoms with van der Waals surface area (Å²) in [6.45, 7) is 31.1. The summed E-state index contributed by atoms with van der Waals surface area (Å²) in [5.74, 6) is 7.76. The highest BCUT2D eigenvalue weighted by Crippen LogP contribution is 2.67. The topological polar surface area (TPSA) is 3.24 Å². The molecule has 4 fully saturated rings. The van der Waals surface area contributed by atoms with Crippen LogP contribution in [0, 0.1) is 58.2 Å². The number of piperidine rings is 1. The molecule has 424 valence electrons. The summed E-state index contributed by atoms with van der Waals surface area (Å²) < 4.78 is 0. The van der Waals surface area contributed by atoms with Crippen LogP contribution in [0.1, 0.15) is 339 Å². The summed E-state index contributed by atoms with van der Waals surface area (Å²) in [6, 6.07) is 0. The lowest BCUT2D eigenvalue weighted by Crippen LogP contribution is -2.50. The minimum Gasteiger partial charge on any atom is -0.303 e. The minimum atomic E-state index is 0. The van der Waals surface area contributed by atoms with Crippen molar-refractivity contribution in [1.29, 1.82) is 0 Å². The SMILES string of the molecule is C.C=CCCC=C.CCC1CCC2(C)C(=CCC3C2CCC2(C)C(C(C)CCCC(C)C)CCC32)C1.CCCCCCCCCCCCCCCCCCCCC(CCCCCCCC)CN1CCCCC1. The molecule has 0 spiro atoms. The number of fused-ring (bicyclic) bond motifs is 5. The molecule has 4 aliphatic carbocycles. The van der Waals surface area contributed by atoms with Crippen molar-refractivity contribution in [1.82, 2.24) is 4.90 Å². The number of allylic oxidation sites excluding steroid dienone is 4. The largest absolute Gasteiger partial charge is 0.303 e. The Hall–Kier alpha value is -0.820. The van der Waals surface area contributed by atoms with Gasteiger partial charge in [-0.1, -0.05) is 273 Å². The second kappa shape index (κ2) is 41.3. The van der Waals surface area contributed by atoms with Gasteiger partial charge in [0, 0.05) is 6.54 Å². The molecule has 3 saturated carbocycles. The summed E-state index contributed by atoms with van der Waals surface area (Å²) in [5.41, 5.74) is 3.08. The van der Waals surface area contributed by atoms with Crippen LogP contribution in [0.3, 0.4) is 0 Å². The Morgan fingerprint density at radius 1 is 0.569 bits per heavy atom. The molecule has 1 aliphatic heterocycles. The quantitative estimate of drug-likeness (QED) is 0.0443. The smallest absolute Gasteiger partial charge is 0.000965 e. The van der Waals surface area contributed by atoms with Gasteiger partial charge in [-0.05, 0) is 161 Å². The van der Waals surface area contributed by atoms with E-state index >= 15 is 0 Å². The van der Waals surface area contributed by atoms with E-state index in [-0.39, 0.29) is 7.43 Å². The Bertz CT molecular complexity index is 1290. The first-order valence-corrected chi connectivity index (χ1v) is 33.2. The van der Waals surface area contributed by atoms with Gasteiger partial charge in [-0.2, -0.15) is 0 Å². The molecular weight excluding hydrogens is 867 g/mol. The molecule has 5 rings (SSSR count).